The first-order valence-electron chi connectivity index (χ1n) is 6.70. The number of nitrogen functional groups attached to an aromatic ring is 1. The highest BCUT2D eigenvalue weighted by molar-refractivity contribution is 5.95. The van der Waals surface area contributed by atoms with Crippen LogP contribution in [0, 0.1) is 6.92 Å². The fourth-order valence-electron chi connectivity index (χ4n) is 1.97. The van der Waals surface area contributed by atoms with Crippen molar-refractivity contribution >= 4 is 17.3 Å². The van der Waals surface area contributed by atoms with Gasteiger partial charge in [-0.2, -0.15) is 0 Å². The van der Waals surface area contributed by atoms with Crippen LogP contribution in [0.15, 0.2) is 18.2 Å². The lowest BCUT2D eigenvalue weighted by Crippen LogP contribution is -2.46. The zero-order valence-electron chi connectivity index (χ0n) is 12.9. The molecule has 0 spiro atoms. The molecule has 0 bridgehead atoms. The molecule has 0 aliphatic heterocycles. The third-order valence-electron chi connectivity index (χ3n) is 3.31. The average Bonchev–Trinajstić information content (AvgIpc) is 2.31. The van der Waals surface area contributed by atoms with Crippen molar-refractivity contribution in [1.82, 2.24) is 4.90 Å². The van der Waals surface area contributed by atoms with Gasteiger partial charge in [-0.1, -0.05) is 6.07 Å². The van der Waals surface area contributed by atoms with Crippen LogP contribution in [0.5, 0.6) is 0 Å². The molecule has 0 saturated carbocycles. The molecule has 0 heterocycles. The van der Waals surface area contributed by atoms with Gasteiger partial charge in [-0.3, -0.25) is 9.69 Å². The molecular weight excluding hydrogens is 254 g/mol. The molecule has 1 rings (SSSR count). The Kier molecular flexibility index (Phi) is 5.14. The largest absolute Gasteiger partial charge is 0.398 e. The second-order valence-electron chi connectivity index (χ2n) is 5.91. The van der Waals surface area contributed by atoms with Gasteiger partial charge in [0.15, 0.2) is 0 Å². The van der Waals surface area contributed by atoms with E-state index in [0.29, 0.717) is 12.2 Å². The first-order chi connectivity index (χ1) is 9.11. The van der Waals surface area contributed by atoms with E-state index in [1.165, 1.54) is 0 Å². The molecule has 1 aromatic rings. The molecule has 5 heteroatoms. The van der Waals surface area contributed by atoms with E-state index in [-0.39, 0.29) is 11.9 Å². The number of carbonyl (C=O) groups excluding carboxylic acids is 1. The summed E-state index contributed by atoms with van der Waals surface area (Å²) in [5, 5.41) is 12.7. The number of nitrogens with one attached hydrogen (secondary N) is 1. The van der Waals surface area contributed by atoms with Crippen molar-refractivity contribution in [2.75, 3.05) is 24.6 Å². The summed E-state index contributed by atoms with van der Waals surface area (Å²) in [4.78, 5) is 14.0. The van der Waals surface area contributed by atoms with Crippen molar-refractivity contribution in [3.63, 3.8) is 0 Å². The van der Waals surface area contributed by atoms with Crippen molar-refractivity contribution in [1.29, 1.82) is 0 Å². The molecule has 5 nitrogen and oxygen atoms in total. The third-order valence-corrected chi connectivity index (χ3v) is 3.31. The summed E-state index contributed by atoms with van der Waals surface area (Å²) in [6.07, 6.45) is 0. The fourth-order valence-corrected chi connectivity index (χ4v) is 1.97. The maximum Gasteiger partial charge on any atom is 0.241 e. The number of rotatable bonds is 5. The van der Waals surface area contributed by atoms with E-state index in [2.05, 4.69) is 5.32 Å². The Morgan fingerprint density at radius 3 is 2.65 bits per heavy atom. The Morgan fingerprint density at radius 1 is 1.50 bits per heavy atom. The normalized spacial score (nSPS) is 13.3. The lowest BCUT2D eigenvalue weighted by atomic mass is 10.1. The molecule has 1 amide bonds. The molecule has 0 radical (unpaired) electrons. The van der Waals surface area contributed by atoms with Gasteiger partial charge >= 0.3 is 0 Å². The van der Waals surface area contributed by atoms with Crippen LogP contribution in [0.4, 0.5) is 11.4 Å². The van der Waals surface area contributed by atoms with E-state index in [1.54, 1.807) is 19.9 Å². The van der Waals surface area contributed by atoms with E-state index in [0.717, 1.165) is 11.3 Å². The zero-order chi connectivity index (χ0) is 15.5. The minimum atomic E-state index is -0.837. The minimum Gasteiger partial charge on any atom is -0.398 e. The zero-order valence-corrected chi connectivity index (χ0v) is 12.9. The number of anilines is 2. The van der Waals surface area contributed by atoms with Crippen molar-refractivity contribution < 1.29 is 9.90 Å². The molecule has 0 saturated heterocycles. The summed E-state index contributed by atoms with van der Waals surface area (Å²) < 4.78 is 0. The molecule has 1 unspecified atom stereocenters. The number of nitrogens with two attached hydrogens (primary N) is 1. The first kappa shape index (κ1) is 16.5. The van der Waals surface area contributed by atoms with Gasteiger partial charge in [-0.05, 0) is 52.4 Å². The van der Waals surface area contributed by atoms with Gasteiger partial charge in [0.05, 0.1) is 11.6 Å². The van der Waals surface area contributed by atoms with Gasteiger partial charge in [-0.15, -0.1) is 0 Å². The standard InChI is InChI=1S/C15H25N3O2/c1-10-12(16)7-6-8-13(10)17-14(19)11(2)18(5)9-15(3,4)20/h6-8,11,20H,9,16H2,1-5H3,(H,17,19). The molecule has 112 valence electrons. The van der Waals surface area contributed by atoms with Crippen molar-refractivity contribution in [3.8, 4) is 0 Å². The predicted octanol–water partition coefficient (Wildman–Crippen LogP) is 1.61. The predicted molar refractivity (Wildman–Crippen MR) is 82.6 cm³/mol. The van der Waals surface area contributed by atoms with Crippen LogP contribution in [-0.4, -0.2) is 41.1 Å². The van der Waals surface area contributed by atoms with Crippen molar-refractivity contribution in [2.24, 2.45) is 0 Å². The van der Waals surface area contributed by atoms with Crippen LogP contribution in [0.1, 0.15) is 26.3 Å². The van der Waals surface area contributed by atoms with E-state index in [9.17, 15) is 9.90 Å². The van der Waals surface area contributed by atoms with E-state index < -0.39 is 5.60 Å². The smallest absolute Gasteiger partial charge is 0.241 e. The van der Waals surface area contributed by atoms with Crippen molar-refractivity contribution in [2.45, 2.75) is 39.3 Å². The summed E-state index contributed by atoms with van der Waals surface area (Å²) in [7, 11) is 1.81. The number of hydrogen-bond acceptors (Lipinski definition) is 4. The second kappa shape index (κ2) is 6.24. The molecule has 4 N–H and O–H groups in total. The summed E-state index contributed by atoms with van der Waals surface area (Å²) in [5.41, 5.74) is 7.22. The topological polar surface area (TPSA) is 78.6 Å². The van der Waals surface area contributed by atoms with E-state index in [4.69, 9.17) is 5.73 Å². The molecule has 0 aliphatic rings. The molecule has 20 heavy (non-hydrogen) atoms. The Hall–Kier alpha value is -1.59. The molecular formula is C15H25N3O2. The number of carbonyl (C=O) groups is 1. The van der Waals surface area contributed by atoms with Crippen molar-refractivity contribution in [3.05, 3.63) is 23.8 Å². The Labute approximate surface area is 120 Å². The SMILES string of the molecule is Cc1c(N)cccc1NC(=O)C(C)N(C)CC(C)(C)O. The second-order valence-corrected chi connectivity index (χ2v) is 5.91. The minimum absolute atomic E-state index is 0.120. The average molecular weight is 279 g/mol. The highest BCUT2D eigenvalue weighted by atomic mass is 16.3. The molecule has 0 fully saturated rings. The van der Waals surface area contributed by atoms with Crippen LogP contribution < -0.4 is 11.1 Å². The lowest BCUT2D eigenvalue weighted by molar-refractivity contribution is -0.121. The monoisotopic (exact) mass is 279 g/mol. The maximum absolute atomic E-state index is 12.2. The van der Waals surface area contributed by atoms with Crippen LogP contribution in [0.2, 0.25) is 0 Å². The number of nitrogens with zero attached hydrogens (tertiary/aromatic N) is 1. The molecule has 1 aromatic carbocycles. The van der Waals surface area contributed by atoms with Gasteiger partial charge in [0.2, 0.25) is 5.91 Å². The highest BCUT2D eigenvalue weighted by Crippen LogP contribution is 2.21. The Bertz CT molecular complexity index is 480. The first-order valence-corrected chi connectivity index (χ1v) is 6.70. The number of aliphatic hydroxyl groups is 1. The lowest BCUT2D eigenvalue weighted by Gasteiger charge is -2.29. The molecule has 0 aliphatic carbocycles. The Balaban J connectivity index is 2.73. The summed E-state index contributed by atoms with van der Waals surface area (Å²) >= 11 is 0. The number of hydrogen-bond donors (Lipinski definition) is 3. The fraction of sp³-hybridized carbons (Fsp3) is 0.533. The molecule has 0 aromatic heterocycles. The quantitative estimate of drug-likeness (QED) is 0.715. The van der Waals surface area contributed by atoms with Crippen LogP contribution >= 0.6 is 0 Å². The third kappa shape index (κ3) is 4.51. The van der Waals surface area contributed by atoms with Gasteiger partial charge < -0.3 is 16.2 Å². The summed E-state index contributed by atoms with van der Waals surface area (Å²) in [5.74, 6) is -0.120. The number of benzene rings is 1. The summed E-state index contributed by atoms with van der Waals surface area (Å²) in [6, 6.07) is 5.09. The number of likely N-dealkylation sites (N-methyl/N-ethyl adjacent to an activating group) is 1. The van der Waals surface area contributed by atoms with Gasteiger partial charge in [0.1, 0.15) is 0 Å². The maximum atomic E-state index is 12.2. The Morgan fingerprint density at radius 2 is 2.10 bits per heavy atom. The van der Waals surface area contributed by atoms with Gasteiger partial charge in [0, 0.05) is 17.9 Å². The van der Waals surface area contributed by atoms with Crippen LogP contribution in [-0.2, 0) is 4.79 Å². The highest BCUT2D eigenvalue weighted by Gasteiger charge is 2.24. The van der Waals surface area contributed by atoms with Crippen LogP contribution in [0.25, 0.3) is 0 Å². The van der Waals surface area contributed by atoms with E-state index in [1.807, 2.05) is 37.9 Å². The number of amides is 1. The summed E-state index contributed by atoms with van der Waals surface area (Å²) in [6.45, 7) is 7.53. The van der Waals surface area contributed by atoms with Crippen LogP contribution in [0.3, 0.4) is 0 Å². The van der Waals surface area contributed by atoms with Gasteiger partial charge in [-0.25, -0.2) is 0 Å². The molecule has 1 atom stereocenters. The van der Waals surface area contributed by atoms with E-state index >= 15 is 0 Å². The van der Waals surface area contributed by atoms with Gasteiger partial charge in [0.25, 0.3) is 0 Å².